The number of nitrogens with zero attached hydrogens (tertiary/aromatic N) is 2. The molecule has 1 saturated carbocycles. The Kier molecular flexibility index (Phi) is 4.36. The summed E-state index contributed by atoms with van der Waals surface area (Å²) in [6.07, 6.45) is 8.33. The van der Waals surface area contributed by atoms with Crippen LogP contribution in [0.4, 0.5) is 0 Å². The van der Waals surface area contributed by atoms with Crippen LogP contribution in [0.1, 0.15) is 54.7 Å². The number of nitriles is 1. The Morgan fingerprint density at radius 1 is 1.03 bits per heavy atom. The monoisotopic (exact) mass is 381 g/mol. The molecular formula is C26H25N2O+. The number of aromatic nitrogens is 1. The van der Waals surface area contributed by atoms with E-state index in [9.17, 15) is 5.26 Å². The van der Waals surface area contributed by atoms with Crippen molar-refractivity contribution >= 4 is 21.9 Å². The van der Waals surface area contributed by atoms with Crippen molar-refractivity contribution in [3.63, 3.8) is 0 Å². The zero-order valence-electron chi connectivity index (χ0n) is 17.0. The second-order valence-electron chi connectivity index (χ2n) is 8.35. The maximum absolute atomic E-state index is 9.57. The van der Waals surface area contributed by atoms with E-state index in [2.05, 4.69) is 61.1 Å². The third-order valence-electron chi connectivity index (χ3n) is 6.45. The van der Waals surface area contributed by atoms with Crippen LogP contribution in [0, 0.1) is 18.3 Å². The summed E-state index contributed by atoms with van der Waals surface area (Å²) < 4.78 is 8.46. The summed E-state index contributed by atoms with van der Waals surface area (Å²) >= 11 is 0. The SMILES string of the molecule is Cc1cc2c(cc1-c1cccc[n+]1C)oc1cc(C#N)cc(C3CCCCC3)c12. The van der Waals surface area contributed by atoms with Gasteiger partial charge >= 0.3 is 0 Å². The molecule has 3 heteroatoms. The first-order valence-electron chi connectivity index (χ1n) is 10.5. The van der Waals surface area contributed by atoms with Crippen molar-refractivity contribution in [2.45, 2.75) is 44.9 Å². The molecule has 1 aliphatic carbocycles. The molecule has 0 saturated heterocycles. The summed E-state index contributed by atoms with van der Waals surface area (Å²) in [7, 11) is 2.07. The smallest absolute Gasteiger partial charge is 0.212 e. The molecule has 0 amide bonds. The Labute approximate surface area is 171 Å². The lowest BCUT2D eigenvalue weighted by atomic mass is 9.81. The fourth-order valence-electron chi connectivity index (χ4n) is 4.97. The first-order valence-corrected chi connectivity index (χ1v) is 10.5. The Morgan fingerprint density at radius 3 is 2.62 bits per heavy atom. The van der Waals surface area contributed by atoms with Crippen molar-refractivity contribution in [2.24, 2.45) is 7.05 Å². The van der Waals surface area contributed by atoms with Gasteiger partial charge in [-0.1, -0.05) is 19.3 Å². The van der Waals surface area contributed by atoms with E-state index in [1.165, 1.54) is 59.6 Å². The number of hydrogen-bond donors (Lipinski definition) is 0. The number of pyridine rings is 1. The first-order chi connectivity index (χ1) is 14.2. The zero-order valence-corrected chi connectivity index (χ0v) is 17.0. The number of furan rings is 1. The second-order valence-corrected chi connectivity index (χ2v) is 8.35. The molecule has 1 aliphatic rings. The van der Waals surface area contributed by atoms with Crippen molar-refractivity contribution in [2.75, 3.05) is 0 Å². The predicted octanol–water partition coefficient (Wildman–Crippen LogP) is 6.31. The standard InChI is InChI=1S/C26H25N2O/c1-17-12-22-24(15-20(17)23-10-6-7-11-28(23)2)29-25-14-18(16-27)13-21(26(22)25)19-8-4-3-5-9-19/h6-7,10-15,19H,3-5,8-9H2,1-2H3/q+1. The minimum Gasteiger partial charge on any atom is -0.456 e. The van der Waals surface area contributed by atoms with E-state index in [1.54, 1.807) is 0 Å². The minimum absolute atomic E-state index is 0.521. The Bertz CT molecular complexity index is 1270. The lowest BCUT2D eigenvalue weighted by Gasteiger charge is -2.23. The van der Waals surface area contributed by atoms with Crippen molar-refractivity contribution in [1.29, 1.82) is 5.26 Å². The molecule has 0 spiro atoms. The van der Waals surface area contributed by atoms with Crippen LogP contribution in [0.2, 0.25) is 0 Å². The highest BCUT2D eigenvalue weighted by Gasteiger charge is 2.23. The Hall–Kier alpha value is -3.12. The molecule has 1 fully saturated rings. The summed E-state index contributed by atoms with van der Waals surface area (Å²) in [5.74, 6) is 0.521. The Balaban J connectivity index is 1.78. The minimum atomic E-state index is 0.521. The molecule has 4 aromatic rings. The number of fused-ring (bicyclic) bond motifs is 3. The largest absolute Gasteiger partial charge is 0.456 e. The molecule has 2 heterocycles. The van der Waals surface area contributed by atoms with E-state index in [1.807, 2.05) is 12.1 Å². The van der Waals surface area contributed by atoms with Crippen molar-refractivity contribution in [3.05, 3.63) is 65.4 Å². The van der Waals surface area contributed by atoms with Crippen molar-refractivity contribution in [1.82, 2.24) is 0 Å². The molecule has 29 heavy (non-hydrogen) atoms. The molecule has 5 rings (SSSR count). The van der Waals surface area contributed by atoms with Gasteiger partial charge in [0.25, 0.3) is 0 Å². The molecule has 0 bridgehead atoms. The summed E-state index contributed by atoms with van der Waals surface area (Å²) in [4.78, 5) is 0. The van der Waals surface area contributed by atoms with Gasteiger partial charge in [0, 0.05) is 22.9 Å². The first kappa shape index (κ1) is 17.9. The summed E-state index contributed by atoms with van der Waals surface area (Å²) in [5, 5.41) is 11.9. The molecule has 0 unspecified atom stereocenters. The van der Waals surface area contributed by atoms with Crippen LogP contribution in [0.25, 0.3) is 33.2 Å². The van der Waals surface area contributed by atoms with Gasteiger partial charge < -0.3 is 4.42 Å². The van der Waals surface area contributed by atoms with Crippen LogP contribution in [-0.4, -0.2) is 0 Å². The molecule has 3 nitrogen and oxygen atoms in total. The van der Waals surface area contributed by atoms with Gasteiger partial charge in [0.05, 0.1) is 17.2 Å². The van der Waals surface area contributed by atoms with Gasteiger partial charge in [0.15, 0.2) is 6.20 Å². The van der Waals surface area contributed by atoms with E-state index in [0.29, 0.717) is 11.5 Å². The van der Waals surface area contributed by atoms with E-state index in [4.69, 9.17) is 4.42 Å². The summed E-state index contributed by atoms with van der Waals surface area (Å²) in [5.41, 5.74) is 7.32. The van der Waals surface area contributed by atoms with Crippen molar-refractivity contribution < 1.29 is 8.98 Å². The zero-order chi connectivity index (χ0) is 20.0. The predicted molar refractivity (Wildman–Crippen MR) is 116 cm³/mol. The lowest BCUT2D eigenvalue weighted by molar-refractivity contribution is -0.660. The highest BCUT2D eigenvalue weighted by molar-refractivity contribution is 6.08. The molecule has 144 valence electrons. The van der Waals surface area contributed by atoms with Crippen LogP contribution >= 0.6 is 0 Å². The van der Waals surface area contributed by atoms with Crippen LogP contribution in [0.5, 0.6) is 0 Å². The maximum Gasteiger partial charge on any atom is 0.212 e. The van der Waals surface area contributed by atoms with Crippen LogP contribution in [0.15, 0.2) is 53.1 Å². The van der Waals surface area contributed by atoms with Crippen molar-refractivity contribution in [3.8, 4) is 17.3 Å². The molecule has 0 aliphatic heterocycles. The van der Waals surface area contributed by atoms with Gasteiger partial charge in [0.2, 0.25) is 5.69 Å². The fourth-order valence-corrected chi connectivity index (χ4v) is 4.97. The fraction of sp³-hybridized carbons (Fsp3) is 0.308. The average molecular weight is 381 g/mol. The van der Waals surface area contributed by atoms with Crippen LogP contribution in [-0.2, 0) is 7.05 Å². The molecule has 0 radical (unpaired) electrons. The third-order valence-corrected chi connectivity index (χ3v) is 6.45. The lowest BCUT2D eigenvalue weighted by Crippen LogP contribution is -2.30. The maximum atomic E-state index is 9.57. The topological polar surface area (TPSA) is 40.8 Å². The average Bonchev–Trinajstić information content (AvgIpc) is 3.10. The van der Waals surface area contributed by atoms with Crippen LogP contribution in [0.3, 0.4) is 0 Å². The quantitative estimate of drug-likeness (QED) is 0.382. The molecular weight excluding hydrogens is 356 g/mol. The molecule has 0 atom stereocenters. The van der Waals surface area contributed by atoms with Gasteiger partial charge in [-0.2, -0.15) is 5.26 Å². The van der Waals surface area contributed by atoms with Crippen LogP contribution < -0.4 is 4.57 Å². The third kappa shape index (κ3) is 3.00. The molecule has 2 aromatic carbocycles. The molecule has 2 aromatic heterocycles. The highest BCUT2D eigenvalue weighted by atomic mass is 16.3. The van der Waals surface area contributed by atoms with Gasteiger partial charge in [-0.3, -0.25) is 0 Å². The van der Waals surface area contributed by atoms with Gasteiger partial charge in [0.1, 0.15) is 18.2 Å². The normalized spacial score (nSPS) is 15.1. The number of rotatable bonds is 2. The molecule has 0 N–H and O–H groups in total. The van der Waals surface area contributed by atoms with E-state index in [-0.39, 0.29) is 0 Å². The van der Waals surface area contributed by atoms with E-state index < -0.39 is 0 Å². The van der Waals surface area contributed by atoms with Gasteiger partial charge in [-0.05, 0) is 67.1 Å². The highest BCUT2D eigenvalue weighted by Crippen LogP contribution is 2.42. The number of aryl methyl sites for hydroxylation is 2. The number of hydrogen-bond acceptors (Lipinski definition) is 2. The second kappa shape index (κ2) is 7.04. The van der Waals surface area contributed by atoms with Gasteiger partial charge in [-0.15, -0.1) is 0 Å². The summed E-state index contributed by atoms with van der Waals surface area (Å²) in [6.45, 7) is 2.17. The number of benzene rings is 2. The van der Waals surface area contributed by atoms with E-state index >= 15 is 0 Å². The van der Waals surface area contributed by atoms with Gasteiger partial charge in [-0.25, -0.2) is 4.57 Å². The van der Waals surface area contributed by atoms with E-state index in [0.717, 1.165) is 16.9 Å². The summed E-state index contributed by atoms with van der Waals surface area (Å²) in [6, 6.07) is 17.0. The Morgan fingerprint density at radius 2 is 1.86 bits per heavy atom.